The lowest BCUT2D eigenvalue weighted by Gasteiger charge is -2.29. The van der Waals surface area contributed by atoms with Crippen LogP contribution in [0.25, 0.3) is 0 Å². The van der Waals surface area contributed by atoms with Crippen LogP contribution in [0.1, 0.15) is 28.0 Å². The maximum atomic E-state index is 12.6. The molecule has 0 saturated heterocycles. The first-order valence-electron chi connectivity index (χ1n) is 9.70. The Balaban J connectivity index is 1.37. The molecule has 0 radical (unpaired) electrons. The number of amides is 1. The normalized spacial score (nSPS) is 12.8. The molecular weight excluding hydrogens is 402 g/mol. The van der Waals surface area contributed by atoms with Crippen molar-refractivity contribution in [3.05, 3.63) is 81.7 Å². The summed E-state index contributed by atoms with van der Waals surface area (Å²) < 4.78 is 6.64. The summed E-state index contributed by atoms with van der Waals surface area (Å²) in [7, 11) is 0. The smallest absolute Gasteiger partial charge is 0.361 e. The Morgan fingerprint density at radius 2 is 1.97 bits per heavy atom. The number of nitro groups is 1. The van der Waals surface area contributed by atoms with Gasteiger partial charge < -0.3 is 9.64 Å². The van der Waals surface area contributed by atoms with Gasteiger partial charge in [0.15, 0.2) is 12.3 Å². The number of rotatable bonds is 6. The molecular formula is C21H19N5O5. The number of nitro benzene ring substituents is 1. The summed E-state index contributed by atoms with van der Waals surface area (Å²) in [5.41, 5.74) is 2.33. The highest BCUT2D eigenvalue weighted by molar-refractivity contribution is 5.97. The van der Waals surface area contributed by atoms with Crippen molar-refractivity contribution in [3.63, 3.8) is 0 Å². The van der Waals surface area contributed by atoms with E-state index in [0.717, 1.165) is 11.1 Å². The molecule has 10 heteroatoms. The van der Waals surface area contributed by atoms with Gasteiger partial charge in [-0.3, -0.25) is 14.9 Å². The predicted octanol–water partition coefficient (Wildman–Crippen LogP) is 2.37. The van der Waals surface area contributed by atoms with E-state index >= 15 is 0 Å². The van der Waals surface area contributed by atoms with Crippen LogP contribution in [0.3, 0.4) is 0 Å². The fourth-order valence-corrected chi connectivity index (χ4v) is 3.47. The van der Waals surface area contributed by atoms with Crippen molar-refractivity contribution in [2.75, 3.05) is 18.1 Å². The molecule has 2 aromatic carbocycles. The highest BCUT2D eigenvalue weighted by Gasteiger charge is 2.25. The number of benzene rings is 2. The predicted molar refractivity (Wildman–Crippen MR) is 110 cm³/mol. The van der Waals surface area contributed by atoms with Crippen molar-refractivity contribution in [1.29, 1.82) is 0 Å². The average Bonchev–Trinajstić information content (AvgIpc) is 3.25. The number of carbonyl (C=O) groups is 2. The number of fused-ring (bicyclic) bond motifs is 1. The average molecular weight is 421 g/mol. The van der Waals surface area contributed by atoms with Crippen molar-refractivity contribution in [2.45, 2.75) is 19.4 Å². The second-order valence-corrected chi connectivity index (χ2v) is 7.08. The van der Waals surface area contributed by atoms with Gasteiger partial charge in [-0.15, -0.1) is 5.10 Å². The molecule has 0 atom stereocenters. The van der Waals surface area contributed by atoms with E-state index in [4.69, 9.17) is 4.74 Å². The van der Waals surface area contributed by atoms with Crippen molar-refractivity contribution in [2.24, 2.45) is 0 Å². The fourth-order valence-electron chi connectivity index (χ4n) is 3.47. The van der Waals surface area contributed by atoms with Crippen molar-refractivity contribution >= 4 is 23.3 Å². The molecule has 4 rings (SSSR count). The minimum Gasteiger partial charge on any atom is -0.451 e. The third kappa shape index (κ3) is 4.58. The van der Waals surface area contributed by atoms with Gasteiger partial charge in [-0.1, -0.05) is 35.5 Å². The van der Waals surface area contributed by atoms with Gasteiger partial charge in [0, 0.05) is 24.4 Å². The van der Waals surface area contributed by atoms with E-state index < -0.39 is 23.4 Å². The maximum Gasteiger partial charge on any atom is 0.361 e. The summed E-state index contributed by atoms with van der Waals surface area (Å²) in [5, 5.41) is 18.7. The summed E-state index contributed by atoms with van der Waals surface area (Å²) in [6.07, 6.45) is 2.78. The van der Waals surface area contributed by atoms with Gasteiger partial charge in [0.25, 0.3) is 11.6 Å². The molecule has 31 heavy (non-hydrogen) atoms. The summed E-state index contributed by atoms with van der Waals surface area (Å²) in [4.78, 5) is 36.9. The molecule has 158 valence electrons. The molecule has 0 bridgehead atoms. The Labute approximate surface area is 177 Å². The van der Waals surface area contributed by atoms with Gasteiger partial charge >= 0.3 is 5.97 Å². The minimum atomic E-state index is -0.742. The molecule has 2 heterocycles. The molecule has 10 nitrogen and oxygen atoms in total. The maximum absolute atomic E-state index is 12.6. The number of hydrogen-bond donors (Lipinski definition) is 0. The van der Waals surface area contributed by atoms with Gasteiger partial charge in [-0.2, -0.15) is 0 Å². The van der Waals surface area contributed by atoms with Crippen LogP contribution in [0.5, 0.6) is 0 Å². The zero-order valence-corrected chi connectivity index (χ0v) is 16.5. The Morgan fingerprint density at radius 3 is 2.74 bits per heavy atom. The van der Waals surface area contributed by atoms with Crippen LogP contribution < -0.4 is 4.90 Å². The van der Waals surface area contributed by atoms with E-state index in [1.54, 1.807) is 6.07 Å². The van der Waals surface area contributed by atoms with E-state index in [2.05, 4.69) is 10.3 Å². The highest BCUT2D eigenvalue weighted by Crippen LogP contribution is 2.30. The van der Waals surface area contributed by atoms with Crippen molar-refractivity contribution < 1.29 is 19.2 Å². The molecule has 1 aromatic heterocycles. The lowest BCUT2D eigenvalue weighted by Crippen LogP contribution is -2.38. The number of ether oxygens (including phenoxy) is 1. The number of hydrogen-bond acceptors (Lipinski definition) is 7. The zero-order chi connectivity index (χ0) is 21.8. The third-order valence-electron chi connectivity index (χ3n) is 4.96. The number of non-ortho nitro benzene ring substituents is 1. The largest absolute Gasteiger partial charge is 0.451 e. The number of aryl methyl sites for hydroxylation is 1. The molecule has 0 fully saturated rings. The van der Waals surface area contributed by atoms with E-state index in [0.29, 0.717) is 31.6 Å². The molecule has 0 aliphatic carbocycles. The molecule has 0 unspecified atom stereocenters. The van der Waals surface area contributed by atoms with Crippen LogP contribution in [-0.4, -0.2) is 44.9 Å². The number of nitrogens with zero attached hydrogens (tertiary/aromatic N) is 5. The minimum absolute atomic E-state index is 0.0124. The zero-order valence-electron chi connectivity index (χ0n) is 16.5. The number of anilines is 1. The van der Waals surface area contributed by atoms with Gasteiger partial charge in [-0.05, 0) is 30.0 Å². The molecule has 1 amide bonds. The lowest BCUT2D eigenvalue weighted by atomic mass is 10.0. The first-order valence-corrected chi connectivity index (χ1v) is 9.70. The SMILES string of the molecule is O=C(OCC(=O)N1CCCc2cc([N+](=O)[O-])ccc21)c1cn(Cc2ccccc2)nn1. The van der Waals surface area contributed by atoms with Crippen LogP contribution in [0.15, 0.2) is 54.7 Å². The Hall–Kier alpha value is -4.08. The quantitative estimate of drug-likeness (QED) is 0.340. The Morgan fingerprint density at radius 1 is 1.16 bits per heavy atom. The van der Waals surface area contributed by atoms with Crippen molar-refractivity contribution in [3.8, 4) is 0 Å². The second kappa shape index (κ2) is 8.74. The van der Waals surface area contributed by atoms with Crippen molar-refractivity contribution in [1.82, 2.24) is 15.0 Å². The fraction of sp³-hybridized carbons (Fsp3) is 0.238. The summed E-state index contributed by atoms with van der Waals surface area (Å²) in [5.74, 6) is -1.14. The number of aromatic nitrogens is 3. The number of carbonyl (C=O) groups excluding carboxylic acids is 2. The Bertz CT molecular complexity index is 1130. The first kappa shape index (κ1) is 20.2. The topological polar surface area (TPSA) is 120 Å². The van der Waals surface area contributed by atoms with Gasteiger partial charge in [0.2, 0.25) is 0 Å². The van der Waals surface area contributed by atoms with E-state index in [1.165, 1.54) is 27.9 Å². The van der Waals surface area contributed by atoms with Gasteiger partial charge in [0.05, 0.1) is 17.7 Å². The molecule has 0 saturated carbocycles. The lowest BCUT2D eigenvalue weighted by molar-refractivity contribution is -0.384. The number of esters is 1. The van der Waals surface area contributed by atoms with Gasteiger partial charge in [0.1, 0.15) is 0 Å². The second-order valence-electron chi connectivity index (χ2n) is 7.08. The summed E-state index contributed by atoms with van der Waals surface area (Å²) >= 11 is 0. The van der Waals surface area contributed by atoms with Crippen LogP contribution in [0.2, 0.25) is 0 Å². The first-order chi connectivity index (χ1) is 15.0. The van der Waals surface area contributed by atoms with E-state index in [-0.39, 0.29) is 11.4 Å². The summed E-state index contributed by atoms with van der Waals surface area (Å²) in [6, 6.07) is 14.0. The molecule has 1 aliphatic rings. The van der Waals surface area contributed by atoms with Crippen LogP contribution >= 0.6 is 0 Å². The molecule has 0 spiro atoms. The molecule has 0 N–H and O–H groups in total. The van der Waals surface area contributed by atoms with Crippen LogP contribution in [0.4, 0.5) is 11.4 Å². The summed E-state index contributed by atoms with van der Waals surface area (Å²) in [6.45, 7) is 0.450. The van der Waals surface area contributed by atoms with Gasteiger partial charge in [-0.25, -0.2) is 9.48 Å². The molecule has 3 aromatic rings. The van der Waals surface area contributed by atoms with E-state index in [9.17, 15) is 19.7 Å². The standard InChI is InChI=1S/C21H19N5O5/c27-20(25-10-4-7-16-11-17(26(29)30)8-9-19(16)25)14-31-21(28)18-13-24(23-22-18)12-15-5-2-1-3-6-15/h1-3,5-6,8-9,11,13H,4,7,10,12,14H2. The highest BCUT2D eigenvalue weighted by atomic mass is 16.6. The van der Waals surface area contributed by atoms with E-state index in [1.807, 2.05) is 30.3 Å². The Kier molecular flexibility index (Phi) is 5.69. The van der Waals surface area contributed by atoms with Crippen LogP contribution in [-0.2, 0) is 22.5 Å². The van der Waals surface area contributed by atoms with Crippen LogP contribution in [0, 0.1) is 10.1 Å². The third-order valence-corrected chi connectivity index (χ3v) is 4.96. The monoisotopic (exact) mass is 421 g/mol. The molecule has 1 aliphatic heterocycles.